The van der Waals surface area contributed by atoms with Crippen molar-refractivity contribution in [1.29, 1.82) is 0 Å². The normalized spacial score (nSPS) is 19.1. The highest BCUT2D eigenvalue weighted by atomic mass is 19.4. The average Bonchev–Trinajstić information content (AvgIpc) is 1.77. The number of aliphatic hydroxyl groups excluding tert-OH is 1. The van der Waals surface area contributed by atoms with Crippen LogP contribution in [0.2, 0.25) is 0 Å². The number of alkyl halides is 3. The van der Waals surface area contributed by atoms with E-state index in [1.54, 1.807) is 0 Å². The van der Waals surface area contributed by atoms with Gasteiger partial charge in [-0.15, -0.1) is 13.2 Å². The van der Waals surface area contributed by atoms with E-state index in [4.69, 9.17) is 5.11 Å². The van der Waals surface area contributed by atoms with Crippen LogP contribution in [0, 0.1) is 0 Å². The molecule has 0 aliphatic rings. The summed E-state index contributed by atoms with van der Waals surface area (Å²) in [4.78, 5) is 0. The molecule has 14 heavy (non-hydrogen) atoms. The second-order valence-corrected chi connectivity index (χ2v) is 2.57. The molecule has 3 atom stereocenters. The van der Waals surface area contributed by atoms with Crippen LogP contribution in [0.15, 0.2) is 0 Å². The Hall–Kier alpha value is -0.370. The van der Waals surface area contributed by atoms with Gasteiger partial charge >= 0.3 is 6.36 Å². The Kier molecular flexibility index (Phi) is 5.35. The molecule has 4 nitrogen and oxygen atoms in total. The summed E-state index contributed by atoms with van der Waals surface area (Å²) < 4.78 is 47.6. The van der Waals surface area contributed by atoms with Gasteiger partial charge in [-0.1, -0.05) is 0 Å². The van der Waals surface area contributed by atoms with Gasteiger partial charge in [0.1, 0.15) is 0 Å². The largest absolute Gasteiger partial charge is 0.524 e. The molecule has 0 saturated heterocycles. The van der Waals surface area contributed by atoms with Crippen LogP contribution in [0.3, 0.4) is 0 Å². The first-order valence-corrected chi connectivity index (χ1v) is 3.94. The molecule has 0 aromatic rings. The summed E-state index contributed by atoms with van der Waals surface area (Å²) in [5, 5.41) is 8.70. The second kappa shape index (κ2) is 5.50. The Labute approximate surface area is 79.6 Å². The van der Waals surface area contributed by atoms with E-state index in [0.29, 0.717) is 0 Å². The number of halogens is 3. The first-order chi connectivity index (χ1) is 6.20. The van der Waals surface area contributed by atoms with E-state index in [0.717, 1.165) is 6.92 Å². The molecule has 86 valence electrons. The van der Waals surface area contributed by atoms with Gasteiger partial charge in [-0.25, -0.2) is 0 Å². The molecule has 0 amide bonds. The van der Waals surface area contributed by atoms with E-state index in [-0.39, 0.29) is 0 Å². The van der Waals surface area contributed by atoms with Crippen molar-refractivity contribution in [2.45, 2.75) is 46.0 Å². The fraction of sp³-hybridized carbons (Fsp3) is 1.00. The molecule has 0 bridgehead atoms. The molecule has 0 aliphatic carbocycles. The van der Waals surface area contributed by atoms with E-state index in [9.17, 15) is 13.2 Å². The SMILES string of the molecule is CC(O)OC(C)OC(C)OC(F)(F)F. The molecule has 0 fully saturated rings. The monoisotopic (exact) mass is 218 g/mol. The summed E-state index contributed by atoms with van der Waals surface area (Å²) in [5.41, 5.74) is 0. The van der Waals surface area contributed by atoms with E-state index in [1.807, 2.05) is 0 Å². The third-order valence-electron chi connectivity index (χ3n) is 1.07. The molecule has 0 spiro atoms. The molecule has 0 radical (unpaired) electrons. The van der Waals surface area contributed by atoms with Gasteiger partial charge in [0.25, 0.3) is 0 Å². The molecular weight excluding hydrogens is 205 g/mol. The van der Waals surface area contributed by atoms with Crippen molar-refractivity contribution in [2.24, 2.45) is 0 Å². The molecule has 0 aliphatic heterocycles. The van der Waals surface area contributed by atoms with Gasteiger partial charge in [-0.2, -0.15) is 0 Å². The van der Waals surface area contributed by atoms with Crippen molar-refractivity contribution < 1.29 is 32.5 Å². The zero-order valence-corrected chi connectivity index (χ0v) is 8.04. The number of hydrogen-bond acceptors (Lipinski definition) is 4. The summed E-state index contributed by atoms with van der Waals surface area (Å²) in [6, 6.07) is 0. The van der Waals surface area contributed by atoms with Gasteiger partial charge in [0.05, 0.1) is 0 Å². The Balaban J connectivity index is 3.76. The van der Waals surface area contributed by atoms with Crippen LogP contribution < -0.4 is 0 Å². The van der Waals surface area contributed by atoms with E-state index in [1.165, 1.54) is 13.8 Å². The zero-order chi connectivity index (χ0) is 11.4. The molecule has 0 aromatic carbocycles. The van der Waals surface area contributed by atoms with Gasteiger partial charge in [-0.3, -0.25) is 4.74 Å². The lowest BCUT2D eigenvalue weighted by molar-refractivity contribution is -0.393. The highest BCUT2D eigenvalue weighted by Crippen LogP contribution is 2.19. The molecule has 0 saturated carbocycles. The molecule has 0 rings (SSSR count). The van der Waals surface area contributed by atoms with Crippen molar-refractivity contribution >= 4 is 0 Å². The lowest BCUT2D eigenvalue weighted by Crippen LogP contribution is -2.29. The second-order valence-electron chi connectivity index (χ2n) is 2.57. The van der Waals surface area contributed by atoms with Gasteiger partial charge in [0.15, 0.2) is 18.9 Å². The Morgan fingerprint density at radius 1 is 1.00 bits per heavy atom. The summed E-state index contributed by atoms with van der Waals surface area (Å²) in [6.45, 7) is 3.74. The number of hydrogen-bond donors (Lipinski definition) is 1. The van der Waals surface area contributed by atoms with Crippen LogP contribution in [0.5, 0.6) is 0 Å². The van der Waals surface area contributed by atoms with Crippen LogP contribution in [-0.2, 0) is 14.2 Å². The third kappa shape index (κ3) is 8.24. The predicted octanol–water partition coefficient (Wildman–Crippen LogP) is 1.59. The van der Waals surface area contributed by atoms with Crippen LogP contribution in [0.25, 0.3) is 0 Å². The number of aliphatic hydroxyl groups is 1. The van der Waals surface area contributed by atoms with E-state index < -0.39 is 25.2 Å². The van der Waals surface area contributed by atoms with E-state index in [2.05, 4.69) is 14.2 Å². The highest BCUT2D eigenvalue weighted by molar-refractivity contribution is 4.38. The van der Waals surface area contributed by atoms with Gasteiger partial charge in [-0.05, 0) is 20.8 Å². The predicted molar refractivity (Wildman–Crippen MR) is 39.9 cm³/mol. The third-order valence-corrected chi connectivity index (χ3v) is 1.07. The topological polar surface area (TPSA) is 47.9 Å². The van der Waals surface area contributed by atoms with Crippen LogP contribution in [0.1, 0.15) is 20.8 Å². The van der Waals surface area contributed by atoms with E-state index >= 15 is 0 Å². The minimum atomic E-state index is -4.75. The average molecular weight is 218 g/mol. The van der Waals surface area contributed by atoms with Crippen molar-refractivity contribution in [2.75, 3.05) is 0 Å². The van der Waals surface area contributed by atoms with Crippen molar-refractivity contribution in [3.05, 3.63) is 0 Å². The number of ether oxygens (including phenoxy) is 3. The molecule has 0 heterocycles. The molecule has 7 heteroatoms. The fourth-order valence-electron chi connectivity index (χ4n) is 0.795. The highest BCUT2D eigenvalue weighted by Gasteiger charge is 2.33. The summed E-state index contributed by atoms with van der Waals surface area (Å²) in [6.07, 6.45) is -8.32. The molecule has 1 N–H and O–H groups in total. The van der Waals surface area contributed by atoms with Gasteiger partial charge in [0.2, 0.25) is 0 Å². The van der Waals surface area contributed by atoms with Crippen molar-refractivity contribution in [1.82, 2.24) is 0 Å². The standard InChI is InChI=1S/C7H13F3O4/c1-4(11)12-5(2)13-6(3)14-7(8,9)10/h4-6,11H,1-3H3. The maximum absolute atomic E-state index is 11.6. The maximum atomic E-state index is 11.6. The Morgan fingerprint density at radius 2 is 1.50 bits per heavy atom. The maximum Gasteiger partial charge on any atom is 0.524 e. The van der Waals surface area contributed by atoms with Crippen LogP contribution in [0.4, 0.5) is 13.2 Å². The van der Waals surface area contributed by atoms with Crippen LogP contribution in [-0.4, -0.2) is 30.3 Å². The summed E-state index contributed by atoms with van der Waals surface area (Å²) in [7, 11) is 0. The summed E-state index contributed by atoms with van der Waals surface area (Å²) >= 11 is 0. The molecule has 3 unspecified atom stereocenters. The Bertz CT molecular complexity index is 160. The zero-order valence-electron chi connectivity index (χ0n) is 8.04. The molecular formula is C7H13F3O4. The van der Waals surface area contributed by atoms with Crippen molar-refractivity contribution in [3.8, 4) is 0 Å². The molecule has 0 aromatic heterocycles. The lowest BCUT2D eigenvalue weighted by Gasteiger charge is -2.21. The first-order valence-electron chi connectivity index (χ1n) is 3.94. The van der Waals surface area contributed by atoms with Crippen LogP contribution >= 0.6 is 0 Å². The first kappa shape index (κ1) is 13.6. The Morgan fingerprint density at radius 3 is 1.86 bits per heavy atom. The van der Waals surface area contributed by atoms with Gasteiger partial charge in [0, 0.05) is 0 Å². The van der Waals surface area contributed by atoms with Gasteiger partial charge < -0.3 is 14.6 Å². The lowest BCUT2D eigenvalue weighted by atomic mass is 10.6. The smallest absolute Gasteiger partial charge is 0.368 e. The minimum Gasteiger partial charge on any atom is -0.368 e. The quantitative estimate of drug-likeness (QED) is 0.712. The van der Waals surface area contributed by atoms with Crippen molar-refractivity contribution in [3.63, 3.8) is 0 Å². The summed E-state index contributed by atoms with van der Waals surface area (Å²) in [5.74, 6) is 0. The number of rotatable bonds is 5. The fourth-order valence-corrected chi connectivity index (χ4v) is 0.795. The minimum absolute atomic E-state index is 0.979.